The lowest BCUT2D eigenvalue weighted by Crippen LogP contribution is -2.21. The number of rotatable bonds is 5. The summed E-state index contributed by atoms with van der Waals surface area (Å²) in [6.45, 7) is 10.5. The molecule has 0 saturated carbocycles. The Morgan fingerprint density at radius 2 is 2.15 bits per heavy atom. The van der Waals surface area contributed by atoms with Crippen LogP contribution in [0, 0.1) is 11.2 Å². The third-order valence-electron chi connectivity index (χ3n) is 2.71. The van der Waals surface area contributed by atoms with Crippen LogP contribution in [0.3, 0.4) is 0 Å². The molecule has 111 valence electrons. The molecule has 1 aromatic rings. The van der Waals surface area contributed by atoms with E-state index in [4.69, 9.17) is 9.63 Å². The SMILES string of the molecule is C/C(=N\O)c1cc(F)cnc1CO[Si](C)CC(C)(C)C. The van der Waals surface area contributed by atoms with Crippen molar-refractivity contribution in [3.8, 4) is 0 Å². The minimum absolute atomic E-state index is 0.227. The van der Waals surface area contributed by atoms with Gasteiger partial charge in [-0.3, -0.25) is 4.98 Å². The molecule has 1 radical (unpaired) electrons. The van der Waals surface area contributed by atoms with Gasteiger partial charge in [0.1, 0.15) is 5.82 Å². The lowest BCUT2D eigenvalue weighted by atomic mass is 10.0. The molecule has 0 spiro atoms. The highest BCUT2D eigenvalue weighted by Gasteiger charge is 2.19. The highest BCUT2D eigenvalue weighted by molar-refractivity contribution is 6.50. The number of hydrogen-bond donors (Lipinski definition) is 1. The monoisotopic (exact) mass is 297 g/mol. The van der Waals surface area contributed by atoms with E-state index in [0.29, 0.717) is 23.6 Å². The van der Waals surface area contributed by atoms with Gasteiger partial charge in [-0.05, 0) is 31.0 Å². The lowest BCUT2D eigenvalue weighted by Gasteiger charge is -2.22. The maximum absolute atomic E-state index is 13.2. The van der Waals surface area contributed by atoms with E-state index in [1.807, 2.05) is 0 Å². The van der Waals surface area contributed by atoms with Gasteiger partial charge in [0.15, 0.2) is 0 Å². The zero-order valence-corrected chi connectivity index (χ0v) is 13.7. The molecule has 0 aliphatic heterocycles. The van der Waals surface area contributed by atoms with Gasteiger partial charge in [0.05, 0.1) is 24.2 Å². The average Bonchev–Trinajstić information content (AvgIpc) is 2.34. The fourth-order valence-electron chi connectivity index (χ4n) is 1.94. The fourth-order valence-corrected chi connectivity index (χ4v) is 3.92. The van der Waals surface area contributed by atoms with Crippen LogP contribution in [0.2, 0.25) is 12.6 Å². The molecule has 1 aromatic heterocycles. The molecule has 1 rings (SSSR count). The molecule has 20 heavy (non-hydrogen) atoms. The second-order valence-corrected chi connectivity index (χ2v) is 8.11. The normalized spacial score (nSPS) is 13.1. The number of hydrogen-bond acceptors (Lipinski definition) is 4. The minimum atomic E-state index is -0.939. The van der Waals surface area contributed by atoms with Gasteiger partial charge in [-0.1, -0.05) is 25.9 Å². The van der Waals surface area contributed by atoms with Gasteiger partial charge in [0.25, 0.3) is 0 Å². The standard InChI is InChI=1S/C14H22FN2O2Si/c1-10(17-18)12-6-11(15)7-16-13(12)8-19-20(5)9-14(2,3)4/h6-7,18H,8-9H2,1-5H3/b17-10+. The summed E-state index contributed by atoms with van der Waals surface area (Å²) in [5.41, 5.74) is 1.64. The van der Waals surface area contributed by atoms with Crippen LogP contribution in [0.25, 0.3) is 0 Å². The number of halogens is 1. The van der Waals surface area contributed by atoms with Crippen molar-refractivity contribution in [1.29, 1.82) is 0 Å². The molecule has 0 unspecified atom stereocenters. The van der Waals surface area contributed by atoms with Gasteiger partial charge >= 0.3 is 0 Å². The van der Waals surface area contributed by atoms with Crippen LogP contribution < -0.4 is 0 Å². The smallest absolute Gasteiger partial charge is 0.209 e. The number of nitrogens with zero attached hydrogens (tertiary/aromatic N) is 2. The predicted molar refractivity (Wildman–Crippen MR) is 78.9 cm³/mol. The van der Waals surface area contributed by atoms with Gasteiger partial charge in [0, 0.05) is 5.56 Å². The van der Waals surface area contributed by atoms with Gasteiger partial charge < -0.3 is 9.63 Å². The molecule has 0 fully saturated rings. The first kappa shape index (κ1) is 16.8. The summed E-state index contributed by atoms with van der Waals surface area (Å²) < 4.78 is 19.1. The number of pyridine rings is 1. The lowest BCUT2D eigenvalue weighted by molar-refractivity contribution is 0.291. The minimum Gasteiger partial charge on any atom is -0.411 e. The topological polar surface area (TPSA) is 54.7 Å². The molecule has 6 heteroatoms. The van der Waals surface area contributed by atoms with E-state index < -0.39 is 14.9 Å². The molecule has 1 N–H and O–H groups in total. The quantitative estimate of drug-likeness (QED) is 0.391. The van der Waals surface area contributed by atoms with Gasteiger partial charge in [-0.2, -0.15) is 0 Å². The Hall–Kier alpha value is -1.27. The molecular formula is C14H22FN2O2Si. The Balaban J connectivity index is 2.78. The van der Waals surface area contributed by atoms with Crippen molar-refractivity contribution >= 4 is 14.8 Å². The van der Waals surface area contributed by atoms with Gasteiger partial charge in [-0.15, -0.1) is 0 Å². The summed E-state index contributed by atoms with van der Waals surface area (Å²) >= 11 is 0. The maximum atomic E-state index is 13.2. The predicted octanol–water partition coefficient (Wildman–Crippen LogP) is 3.60. The first-order valence-electron chi connectivity index (χ1n) is 6.51. The zero-order valence-electron chi connectivity index (χ0n) is 12.7. The van der Waals surface area contributed by atoms with Crippen LogP contribution in [0.4, 0.5) is 4.39 Å². The fraction of sp³-hybridized carbons (Fsp3) is 0.571. The molecule has 1 heterocycles. The molecule has 0 aliphatic rings. The van der Waals surface area contributed by atoms with Crippen molar-refractivity contribution in [3.05, 3.63) is 29.3 Å². The molecule has 0 atom stereocenters. The molecule has 0 bridgehead atoms. The van der Waals surface area contributed by atoms with Gasteiger partial charge in [-0.25, -0.2) is 4.39 Å². The molecule has 0 aliphatic carbocycles. The molecule has 4 nitrogen and oxygen atoms in total. The van der Waals surface area contributed by atoms with Crippen molar-refractivity contribution in [2.24, 2.45) is 10.6 Å². The van der Waals surface area contributed by atoms with Crippen molar-refractivity contribution in [3.63, 3.8) is 0 Å². The van der Waals surface area contributed by atoms with Crippen molar-refractivity contribution < 1.29 is 14.0 Å². The Labute approximate surface area is 121 Å². The summed E-state index contributed by atoms with van der Waals surface area (Å²) in [7, 11) is -0.939. The largest absolute Gasteiger partial charge is 0.411 e. The first-order chi connectivity index (χ1) is 9.23. The van der Waals surface area contributed by atoms with Crippen LogP contribution >= 0.6 is 0 Å². The Kier molecular flexibility index (Phi) is 5.83. The zero-order chi connectivity index (χ0) is 15.3. The maximum Gasteiger partial charge on any atom is 0.209 e. The van der Waals surface area contributed by atoms with Crippen molar-refractivity contribution in [2.45, 2.75) is 46.9 Å². The molecular weight excluding hydrogens is 275 g/mol. The van der Waals surface area contributed by atoms with E-state index in [2.05, 4.69) is 37.5 Å². The first-order valence-corrected chi connectivity index (χ1v) is 8.63. The number of aromatic nitrogens is 1. The summed E-state index contributed by atoms with van der Waals surface area (Å²) in [5.74, 6) is -0.455. The van der Waals surface area contributed by atoms with Crippen LogP contribution in [0.5, 0.6) is 0 Å². The van der Waals surface area contributed by atoms with E-state index in [9.17, 15) is 4.39 Å². The van der Waals surface area contributed by atoms with E-state index >= 15 is 0 Å². The summed E-state index contributed by atoms with van der Waals surface area (Å²) in [6, 6.07) is 2.33. The average molecular weight is 297 g/mol. The van der Waals surface area contributed by atoms with E-state index in [1.165, 1.54) is 6.07 Å². The van der Waals surface area contributed by atoms with E-state index in [1.54, 1.807) is 6.92 Å². The Morgan fingerprint density at radius 3 is 2.70 bits per heavy atom. The van der Waals surface area contributed by atoms with Crippen LogP contribution in [0.15, 0.2) is 17.4 Å². The highest BCUT2D eigenvalue weighted by atomic mass is 28.3. The molecule has 0 aromatic carbocycles. The summed E-state index contributed by atoms with van der Waals surface area (Å²) in [4.78, 5) is 4.04. The molecule has 0 saturated heterocycles. The van der Waals surface area contributed by atoms with Crippen molar-refractivity contribution in [2.75, 3.05) is 0 Å². The number of oxime groups is 1. The van der Waals surface area contributed by atoms with Crippen molar-refractivity contribution in [1.82, 2.24) is 4.98 Å². The second-order valence-electron chi connectivity index (χ2n) is 6.06. The Morgan fingerprint density at radius 1 is 1.50 bits per heavy atom. The third kappa shape index (κ3) is 5.38. The summed E-state index contributed by atoms with van der Waals surface area (Å²) in [6.07, 6.45) is 1.15. The van der Waals surface area contributed by atoms with Crippen LogP contribution in [0.1, 0.15) is 39.0 Å². The third-order valence-corrected chi connectivity index (χ3v) is 4.91. The highest BCUT2D eigenvalue weighted by Crippen LogP contribution is 2.22. The van der Waals surface area contributed by atoms with Crippen LogP contribution in [-0.2, 0) is 11.0 Å². The second kappa shape index (κ2) is 6.94. The van der Waals surface area contributed by atoms with Crippen LogP contribution in [-0.4, -0.2) is 24.9 Å². The van der Waals surface area contributed by atoms with Gasteiger partial charge in [0.2, 0.25) is 9.04 Å². The van der Waals surface area contributed by atoms with E-state index in [0.717, 1.165) is 12.2 Å². The summed E-state index contributed by atoms with van der Waals surface area (Å²) in [5, 5.41) is 11.9. The van der Waals surface area contributed by atoms with E-state index in [-0.39, 0.29) is 5.41 Å². The molecule has 0 amide bonds. The Bertz CT molecular complexity index is 487.